The van der Waals surface area contributed by atoms with Crippen molar-refractivity contribution in [1.82, 2.24) is 10.2 Å². The molecule has 6 nitrogen and oxygen atoms in total. The summed E-state index contributed by atoms with van der Waals surface area (Å²) < 4.78 is 10.8. The zero-order chi connectivity index (χ0) is 19.3. The highest BCUT2D eigenvalue weighted by Crippen LogP contribution is 2.35. The number of rotatable bonds is 7. The summed E-state index contributed by atoms with van der Waals surface area (Å²) in [6.07, 6.45) is 0.896. The maximum absolute atomic E-state index is 12.7. The Balaban J connectivity index is 2.53. The van der Waals surface area contributed by atoms with E-state index < -0.39 is 6.04 Å². The van der Waals surface area contributed by atoms with Gasteiger partial charge in [0.1, 0.15) is 0 Å². The van der Waals surface area contributed by atoms with E-state index >= 15 is 0 Å². The molecule has 0 saturated carbocycles. The van der Waals surface area contributed by atoms with E-state index in [9.17, 15) is 9.90 Å². The van der Waals surface area contributed by atoms with Crippen LogP contribution in [0, 0.1) is 0 Å². The molecule has 0 radical (unpaired) electrons. The van der Waals surface area contributed by atoms with Gasteiger partial charge in [0.05, 0.1) is 24.8 Å². The summed E-state index contributed by atoms with van der Waals surface area (Å²) >= 11 is 5.51. The van der Waals surface area contributed by atoms with E-state index in [-0.39, 0.29) is 11.7 Å². The Morgan fingerprint density at radius 2 is 2.04 bits per heavy atom. The van der Waals surface area contributed by atoms with Crippen LogP contribution in [0.25, 0.3) is 0 Å². The van der Waals surface area contributed by atoms with Crippen LogP contribution in [0.2, 0.25) is 0 Å². The Labute approximate surface area is 159 Å². The standard InChI is InChI=1S/C19H26N2O4S/c1-5-10-21-12(4)16(18(23)25-7-3)17(20-19(21)26)13-8-9-14(22)15(11-13)24-6-2/h8-9,11,17,22H,5-7,10H2,1-4H3,(H,20,26). The number of ether oxygens (including phenoxy) is 2. The minimum absolute atomic E-state index is 0.0555. The zero-order valence-electron chi connectivity index (χ0n) is 15.7. The number of phenolic OH excluding ortho intramolecular Hbond substituents is 1. The molecule has 1 heterocycles. The fraction of sp³-hybridized carbons (Fsp3) is 0.474. The molecular formula is C19H26N2O4S. The second-order valence-corrected chi connectivity index (χ2v) is 6.30. The number of aromatic hydroxyl groups is 1. The zero-order valence-corrected chi connectivity index (χ0v) is 16.5. The van der Waals surface area contributed by atoms with Gasteiger partial charge in [-0.15, -0.1) is 0 Å². The number of benzene rings is 1. The number of phenols is 1. The Bertz CT molecular complexity index is 717. The average molecular weight is 378 g/mol. The highest BCUT2D eigenvalue weighted by atomic mass is 32.1. The third-order valence-corrected chi connectivity index (χ3v) is 4.49. The third-order valence-electron chi connectivity index (χ3n) is 4.16. The van der Waals surface area contributed by atoms with E-state index in [1.165, 1.54) is 0 Å². The van der Waals surface area contributed by atoms with Crippen molar-refractivity contribution in [2.75, 3.05) is 19.8 Å². The van der Waals surface area contributed by atoms with Crippen molar-refractivity contribution in [2.24, 2.45) is 0 Å². The number of esters is 1. The Kier molecular flexibility index (Phi) is 6.85. The summed E-state index contributed by atoms with van der Waals surface area (Å²) in [5, 5.41) is 13.8. The van der Waals surface area contributed by atoms with Gasteiger partial charge in [-0.1, -0.05) is 13.0 Å². The van der Waals surface area contributed by atoms with Gasteiger partial charge in [-0.2, -0.15) is 0 Å². The first kappa shape index (κ1) is 20.0. The summed E-state index contributed by atoms with van der Waals surface area (Å²) in [4.78, 5) is 14.6. The van der Waals surface area contributed by atoms with E-state index in [0.29, 0.717) is 36.2 Å². The van der Waals surface area contributed by atoms with Crippen LogP contribution in [0.3, 0.4) is 0 Å². The number of thiocarbonyl (C=S) groups is 1. The molecule has 0 fully saturated rings. The molecule has 1 aliphatic rings. The molecule has 1 unspecified atom stereocenters. The molecule has 142 valence electrons. The molecule has 1 aliphatic heterocycles. The van der Waals surface area contributed by atoms with Gasteiger partial charge in [0, 0.05) is 12.2 Å². The predicted molar refractivity (Wildman–Crippen MR) is 104 cm³/mol. The van der Waals surface area contributed by atoms with E-state index in [1.54, 1.807) is 25.1 Å². The van der Waals surface area contributed by atoms with Crippen molar-refractivity contribution in [3.05, 3.63) is 35.0 Å². The predicted octanol–water partition coefficient (Wildman–Crippen LogP) is 3.27. The maximum atomic E-state index is 12.7. The molecule has 2 N–H and O–H groups in total. The van der Waals surface area contributed by atoms with Gasteiger partial charge in [0.25, 0.3) is 0 Å². The molecule has 0 bridgehead atoms. The molecule has 0 aliphatic carbocycles. The summed E-state index contributed by atoms with van der Waals surface area (Å²) in [5.74, 6) is 0.0479. The van der Waals surface area contributed by atoms with Crippen LogP contribution in [0.5, 0.6) is 11.5 Å². The first-order valence-corrected chi connectivity index (χ1v) is 9.26. The van der Waals surface area contributed by atoms with E-state index in [4.69, 9.17) is 21.7 Å². The van der Waals surface area contributed by atoms with Gasteiger partial charge in [0.15, 0.2) is 16.6 Å². The first-order chi connectivity index (χ1) is 12.4. The number of carbonyl (C=O) groups is 1. The van der Waals surface area contributed by atoms with Crippen molar-refractivity contribution in [2.45, 2.75) is 40.2 Å². The average Bonchev–Trinajstić information content (AvgIpc) is 2.60. The lowest BCUT2D eigenvalue weighted by molar-refractivity contribution is -0.139. The van der Waals surface area contributed by atoms with Crippen LogP contribution in [-0.2, 0) is 9.53 Å². The molecular weight excluding hydrogens is 352 g/mol. The molecule has 26 heavy (non-hydrogen) atoms. The topological polar surface area (TPSA) is 71.0 Å². The Hall–Kier alpha value is -2.28. The second-order valence-electron chi connectivity index (χ2n) is 5.91. The summed E-state index contributed by atoms with van der Waals surface area (Å²) in [5.41, 5.74) is 2.07. The molecule has 1 aromatic carbocycles. The molecule has 7 heteroatoms. The van der Waals surface area contributed by atoms with E-state index in [0.717, 1.165) is 17.7 Å². The highest BCUT2D eigenvalue weighted by molar-refractivity contribution is 7.80. The molecule has 0 saturated heterocycles. The normalized spacial score (nSPS) is 17.2. The first-order valence-electron chi connectivity index (χ1n) is 8.86. The number of nitrogens with zero attached hydrogens (tertiary/aromatic N) is 1. The number of hydrogen-bond acceptors (Lipinski definition) is 5. The van der Waals surface area contributed by atoms with E-state index in [2.05, 4.69) is 12.2 Å². The molecule has 0 aromatic heterocycles. The van der Waals surface area contributed by atoms with Crippen molar-refractivity contribution in [3.8, 4) is 11.5 Å². The van der Waals surface area contributed by atoms with Gasteiger partial charge < -0.3 is 24.8 Å². The summed E-state index contributed by atoms with van der Waals surface area (Å²) in [7, 11) is 0. The number of nitrogens with one attached hydrogen (secondary N) is 1. The smallest absolute Gasteiger partial charge is 0.338 e. The van der Waals surface area contributed by atoms with Crippen LogP contribution < -0.4 is 10.1 Å². The van der Waals surface area contributed by atoms with Crippen molar-refractivity contribution >= 4 is 23.3 Å². The SMILES string of the molecule is CCCN1C(=S)NC(c2ccc(O)c(OCC)c2)C(C(=O)OCC)=C1C. The van der Waals surface area contributed by atoms with Crippen LogP contribution >= 0.6 is 12.2 Å². The van der Waals surface area contributed by atoms with Crippen LogP contribution in [0.4, 0.5) is 0 Å². The van der Waals surface area contributed by atoms with Gasteiger partial charge in [-0.05, 0) is 57.1 Å². The number of carbonyl (C=O) groups excluding carboxylic acids is 1. The number of hydrogen-bond donors (Lipinski definition) is 2. The fourth-order valence-corrected chi connectivity index (χ4v) is 3.32. The monoisotopic (exact) mass is 378 g/mol. The van der Waals surface area contributed by atoms with Gasteiger partial charge in [0.2, 0.25) is 0 Å². The maximum Gasteiger partial charge on any atom is 0.338 e. The molecule has 1 aromatic rings. The summed E-state index contributed by atoms with van der Waals surface area (Å²) in [6, 6.07) is 4.57. The highest BCUT2D eigenvalue weighted by Gasteiger charge is 2.34. The van der Waals surface area contributed by atoms with Crippen molar-refractivity contribution < 1.29 is 19.4 Å². The molecule has 2 rings (SSSR count). The lowest BCUT2D eigenvalue weighted by Gasteiger charge is -2.37. The minimum Gasteiger partial charge on any atom is -0.504 e. The fourth-order valence-electron chi connectivity index (χ4n) is 2.98. The van der Waals surface area contributed by atoms with E-state index in [1.807, 2.05) is 18.7 Å². The number of allylic oxidation sites excluding steroid dienone is 1. The van der Waals surface area contributed by atoms with Crippen molar-refractivity contribution in [3.63, 3.8) is 0 Å². The van der Waals surface area contributed by atoms with Crippen molar-refractivity contribution in [1.29, 1.82) is 0 Å². The van der Waals surface area contributed by atoms with Crippen LogP contribution in [0.15, 0.2) is 29.5 Å². The molecule has 0 amide bonds. The minimum atomic E-state index is -0.463. The summed E-state index contributed by atoms with van der Waals surface area (Å²) in [6.45, 7) is 9.00. The largest absolute Gasteiger partial charge is 0.504 e. The Morgan fingerprint density at radius 1 is 1.31 bits per heavy atom. The van der Waals surface area contributed by atoms with Gasteiger partial charge in [-0.25, -0.2) is 4.79 Å². The Morgan fingerprint density at radius 3 is 2.65 bits per heavy atom. The van der Waals surface area contributed by atoms with Gasteiger partial charge >= 0.3 is 5.97 Å². The van der Waals surface area contributed by atoms with Crippen LogP contribution in [0.1, 0.15) is 45.7 Å². The quantitative estimate of drug-likeness (QED) is 0.557. The second kappa shape index (κ2) is 8.89. The lowest BCUT2D eigenvalue weighted by atomic mass is 9.94. The molecule has 1 atom stereocenters. The molecule has 0 spiro atoms. The van der Waals surface area contributed by atoms with Crippen LogP contribution in [-0.4, -0.2) is 40.8 Å². The lowest BCUT2D eigenvalue weighted by Crippen LogP contribution is -2.48. The third kappa shape index (κ3) is 4.09. The van der Waals surface area contributed by atoms with Gasteiger partial charge in [-0.3, -0.25) is 0 Å².